The van der Waals surface area contributed by atoms with Crippen LogP contribution in [0.5, 0.6) is 11.5 Å². The van der Waals surface area contributed by atoms with E-state index >= 15 is 0 Å². The number of fused-ring (bicyclic) bond motifs is 1. The van der Waals surface area contributed by atoms with Gasteiger partial charge in [0.15, 0.2) is 5.17 Å². The van der Waals surface area contributed by atoms with E-state index in [-0.39, 0.29) is 16.7 Å². The maximum atomic E-state index is 11.8. The molecule has 4 rings (SSSR count). The predicted octanol–water partition coefficient (Wildman–Crippen LogP) is 4.25. The van der Waals surface area contributed by atoms with Crippen LogP contribution in [0, 0.1) is 0 Å². The summed E-state index contributed by atoms with van der Waals surface area (Å²) in [6.07, 6.45) is 2.81. The van der Waals surface area contributed by atoms with Gasteiger partial charge in [-0.25, -0.2) is 0 Å². The molecule has 0 aliphatic carbocycles. The van der Waals surface area contributed by atoms with Crippen molar-refractivity contribution in [3.8, 4) is 11.5 Å². The number of aliphatic imine (C=N–C) groups is 1. The molecule has 0 aromatic heterocycles. The Kier molecular flexibility index (Phi) is 5.96. The summed E-state index contributed by atoms with van der Waals surface area (Å²) < 4.78 is 11.7. The second-order valence-corrected chi connectivity index (χ2v) is 9.41. The van der Waals surface area contributed by atoms with Crippen molar-refractivity contribution >= 4 is 34.1 Å². The van der Waals surface area contributed by atoms with Crippen LogP contribution in [-0.4, -0.2) is 35.1 Å². The van der Waals surface area contributed by atoms with E-state index in [0.717, 1.165) is 33.9 Å². The molecule has 162 valence electrons. The summed E-state index contributed by atoms with van der Waals surface area (Å²) in [6, 6.07) is 14.0. The van der Waals surface area contributed by atoms with Crippen LogP contribution in [0.4, 0.5) is 5.69 Å². The number of hydrogen-bond acceptors (Lipinski definition) is 6. The van der Waals surface area contributed by atoms with Gasteiger partial charge in [-0.05, 0) is 62.6 Å². The summed E-state index contributed by atoms with van der Waals surface area (Å²) in [7, 11) is 0. The number of thioether (sulfide) groups is 1. The van der Waals surface area contributed by atoms with Crippen molar-refractivity contribution in [3.63, 3.8) is 0 Å². The molecule has 3 N–H and O–H groups in total. The van der Waals surface area contributed by atoms with Gasteiger partial charge in [0.05, 0.1) is 17.4 Å². The molecule has 0 bridgehead atoms. The lowest BCUT2D eigenvalue weighted by Gasteiger charge is -2.32. The zero-order chi connectivity index (χ0) is 22.0. The normalized spacial score (nSPS) is 19.2. The number of carbonyl (C=O) groups is 1. The van der Waals surface area contributed by atoms with Gasteiger partial charge in [0.25, 0.3) is 5.91 Å². The highest BCUT2D eigenvalue weighted by Crippen LogP contribution is 2.36. The van der Waals surface area contributed by atoms with Gasteiger partial charge in [0.2, 0.25) is 0 Å². The molecular formula is C24H27N3O3S. The fourth-order valence-electron chi connectivity index (χ4n) is 3.81. The molecule has 1 amide bonds. The number of nitrogens with one attached hydrogen (secondary N) is 1. The zero-order valence-electron chi connectivity index (χ0n) is 18.0. The third kappa shape index (κ3) is 5.05. The minimum atomic E-state index is -0.230. The summed E-state index contributed by atoms with van der Waals surface area (Å²) in [5, 5.41) is 3.67. The zero-order valence-corrected chi connectivity index (χ0v) is 18.8. The molecular weight excluding hydrogens is 410 g/mol. The maximum absolute atomic E-state index is 11.8. The number of nitrogens with zero attached hydrogens (tertiary/aromatic N) is 1. The number of amidine groups is 1. The lowest BCUT2D eigenvalue weighted by molar-refractivity contribution is -0.117. The van der Waals surface area contributed by atoms with Crippen LogP contribution in [0.2, 0.25) is 0 Å². The lowest BCUT2D eigenvalue weighted by atomic mass is 9.90. The fraction of sp³-hybridized carbons (Fsp3) is 0.333. The molecule has 0 fully saturated rings. The van der Waals surface area contributed by atoms with Gasteiger partial charge in [0, 0.05) is 17.3 Å². The number of benzene rings is 2. The van der Waals surface area contributed by atoms with Gasteiger partial charge in [-0.15, -0.1) is 0 Å². The average molecular weight is 438 g/mol. The number of nitrogens with two attached hydrogens (primary N) is 1. The molecule has 0 saturated carbocycles. The first-order chi connectivity index (χ1) is 14.8. The van der Waals surface area contributed by atoms with Gasteiger partial charge in [-0.2, -0.15) is 4.99 Å². The molecule has 2 heterocycles. The van der Waals surface area contributed by atoms with Crippen molar-refractivity contribution in [1.29, 1.82) is 0 Å². The number of anilines is 1. The lowest BCUT2D eigenvalue weighted by Crippen LogP contribution is -2.32. The van der Waals surface area contributed by atoms with Crippen molar-refractivity contribution in [2.75, 3.05) is 18.5 Å². The van der Waals surface area contributed by atoms with Crippen LogP contribution in [0.25, 0.3) is 5.57 Å². The highest BCUT2D eigenvalue weighted by atomic mass is 32.2. The summed E-state index contributed by atoms with van der Waals surface area (Å²) >= 11 is 1.32. The Morgan fingerprint density at radius 1 is 1.13 bits per heavy atom. The molecule has 2 aliphatic rings. The highest BCUT2D eigenvalue weighted by Gasteiger charge is 2.27. The van der Waals surface area contributed by atoms with Crippen LogP contribution < -0.4 is 20.5 Å². The van der Waals surface area contributed by atoms with Crippen molar-refractivity contribution in [3.05, 3.63) is 59.7 Å². The summed E-state index contributed by atoms with van der Waals surface area (Å²) in [4.78, 5) is 15.6. The number of amides is 1. The Morgan fingerprint density at radius 2 is 1.87 bits per heavy atom. The van der Waals surface area contributed by atoms with Crippen molar-refractivity contribution in [2.24, 2.45) is 10.7 Å². The first-order valence-electron chi connectivity index (χ1n) is 10.4. The largest absolute Gasteiger partial charge is 0.494 e. The van der Waals surface area contributed by atoms with Gasteiger partial charge >= 0.3 is 0 Å². The van der Waals surface area contributed by atoms with E-state index in [1.807, 2.05) is 43.3 Å². The van der Waals surface area contributed by atoms with Gasteiger partial charge < -0.3 is 20.5 Å². The third-order valence-electron chi connectivity index (χ3n) is 5.14. The Labute approximate surface area is 186 Å². The highest BCUT2D eigenvalue weighted by molar-refractivity contribution is 8.15. The molecule has 7 heteroatoms. The maximum Gasteiger partial charge on any atom is 0.261 e. The summed E-state index contributed by atoms with van der Waals surface area (Å²) in [6.45, 7) is 7.35. The molecule has 2 aliphatic heterocycles. The minimum absolute atomic E-state index is 0.158. The van der Waals surface area contributed by atoms with Gasteiger partial charge in [-0.1, -0.05) is 30.0 Å². The average Bonchev–Trinajstić information content (AvgIpc) is 3.03. The standard InChI is InChI=1S/C24H27N3O3S/c1-4-29-18-9-10-19-16(13-24(2,3)27-20(19)12-18)14-30-17-7-5-15(6-8-17)11-21-22(28)26-23(25)31-21/h5-10,12-13,21,27H,4,11,14H2,1-3H3,(H2,25,26,28). The number of hydrogen-bond donors (Lipinski definition) is 2. The molecule has 2 aromatic rings. The van der Waals surface area contributed by atoms with Crippen LogP contribution >= 0.6 is 11.8 Å². The van der Waals surface area contributed by atoms with Crippen molar-refractivity contribution in [1.82, 2.24) is 0 Å². The number of carbonyl (C=O) groups excluding carboxylic acids is 1. The van der Waals surface area contributed by atoms with E-state index in [1.165, 1.54) is 11.8 Å². The van der Waals surface area contributed by atoms with Crippen LogP contribution in [0.15, 0.2) is 53.5 Å². The molecule has 1 unspecified atom stereocenters. The van der Waals surface area contributed by atoms with Crippen molar-refractivity contribution < 1.29 is 14.3 Å². The Morgan fingerprint density at radius 3 is 2.55 bits per heavy atom. The molecule has 0 spiro atoms. The Bertz CT molecular complexity index is 1040. The first kappa shape index (κ1) is 21.3. The number of rotatable bonds is 7. The molecule has 31 heavy (non-hydrogen) atoms. The Hall–Kier alpha value is -2.93. The summed E-state index contributed by atoms with van der Waals surface area (Å²) in [5.41, 5.74) is 9.80. The molecule has 1 atom stereocenters. The van der Waals surface area contributed by atoms with Crippen LogP contribution in [-0.2, 0) is 11.2 Å². The summed E-state index contributed by atoms with van der Waals surface area (Å²) in [5.74, 6) is 1.48. The van der Waals surface area contributed by atoms with Crippen molar-refractivity contribution in [2.45, 2.75) is 38.0 Å². The predicted molar refractivity (Wildman–Crippen MR) is 127 cm³/mol. The SMILES string of the molecule is CCOc1ccc2c(c1)NC(C)(C)C=C2COc1ccc(CC2SC(N)=NC2=O)cc1. The van der Waals surface area contributed by atoms with Gasteiger partial charge in [0.1, 0.15) is 18.1 Å². The van der Waals surface area contributed by atoms with Crippen LogP contribution in [0.1, 0.15) is 31.9 Å². The topological polar surface area (TPSA) is 85.9 Å². The minimum Gasteiger partial charge on any atom is -0.494 e. The quantitative estimate of drug-likeness (QED) is 0.673. The molecule has 6 nitrogen and oxygen atoms in total. The van der Waals surface area contributed by atoms with E-state index in [1.54, 1.807) is 0 Å². The van der Waals surface area contributed by atoms with Crippen LogP contribution in [0.3, 0.4) is 0 Å². The third-order valence-corrected chi connectivity index (χ3v) is 6.12. The monoisotopic (exact) mass is 437 g/mol. The van der Waals surface area contributed by atoms with E-state index < -0.39 is 0 Å². The molecule has 2 aromatic carbocycles. The Balaban J connectivity index is 1.43. The smallest absolute Gasteiger partial charge is 0.261 e. The fourth-order valence-corrected chi connectivity index (χ4v) is 4.67. The second kappa shape index (κ2) is 8.67. The van der Waals surface area contributed by atoms with E-state index in [9.17, 15) is 4.79 Å². The second-order valence-electron chi connectivity index (χ2n) is 8.19. The van der Waals surface area contributed by atoms with E-state index in [4.69, 9.17) is 15.2 Å². The number of ether oxygens (including phenoxy) is 2. The van der Waals surface area contributed by atoms with Gasteiger partial charge in [-0.3, -0.25) is 4.79 Å². The molecule has 0 radical (unpaired) electrons. The van der Waals surface area contributed by atoms with E-state index in [2.05, 4.69) is 36.3 Å². The first-order valence-corrected chi connectivity index (χ1v) is 11.2. The van der Waals surface area contributed by atoms with E-state index in [0.29, 0.717) is 24.8 Å². The molecule has 0 saturated heterocycles.